The van der Waals surface area contributed by atoms with Gasteiger partial charge in [0.2, 0.25) is 0 Å². The number of benzene rings is 2. The minimum Gasteiger partial charge on any atom is -0.329 e. The number of fused-ring (bicyclic) bond motifs is 1. The van der Waals surface area contributed by atoms with Gasteiger partial charge in [0.05, 0.1) is 25.9 Å². The molecule has 0 bridgehead atoms. The number of nitrogens with one attached hydrogen (secondary N) is 1. The second-order valence-electron chi connectivity index (χ2n) is 4.00. The molecule has 0 saturated carbocycles. The average Bonchev–Trinajstić information content (AvgIpc) is 2.75. The van der Waals surface area contributed by atoms with Crippen molar-refractivity contribution in [2.24, 2.45) is 0 Å². The number of rotatable bonds is 2. The first kappa shape index (κ1) is 13.9. The topological polar surface area (TPSA) is 24.9 Å². The number of thiazole rings is 1. The van der Waals surface area contributed by atoms with E-state index in [2.05, 4.69) is 10.3 Å². The first-order valence-electron chi connectivity index (χ1n) is 5.50. The fourth-order valence-corrected chi connectivity index (χ4v) is 3.29. The molecule has 102 valence electrons. The monoisotopic (exact) mass is 346 g/mol. The summed E-state index contributed by atoms with van der Waals surface area (Å²) >= 11 is 19.3. The lowest BCUT2D eigenvalue weighted by Gasteiger charge is -2.07. The molecule has 0 aliphatic carbocycles. The van der Waals surface area contributed by atoms with Crippen LogP contribution in [0.4, 0.5) is 15.2 Å². The van der Waals surface area contributed by atoms with Gasteiger partial charge < -0.3 is 5.32 Å². The van der Waals surface area contributed by atoms with Crippen molar-refractivity contribution in [2.75, 3.05) is 5.32 Å². The zero-order chi connectivity index (χ0) is 14.3. The molecule has 0 atom stereocenters. The zero-order valence-corrected chi connectivity index (χ0v) is 12.8. The van der Waals surface area contributed by atoms with Crippen molar-refractivity contribution in [3.05, 3.63) is 51.2 Å². The summed E-state index contributed by atoms with van der Waals surface area (Å²) in [7, 11) is 0. The van der Waals surface area contributed by atoms with Crippen LogP contribution in [0.1, 0.15) is 0 Å². The number of nitrogens with zero attached hydrogens (tertiary/aromatic N) is 1. The van der Waals surface area contributed by atoms with E-state index in [1.54, 1.807) is 12.1 Å². The Morgan fingerprint density at radius 1 is 1.05 bits per heavy atom. The molecule has 0 spiro atoms. The zero-order valence-electron chi connectivity index (χ0n) is 9.75. The van der Waals surface area contributed by atoms with Crippen LogP contribution in [-0.2, 0) is 0 Å². The van der Waals surface area contributed by atoms with E-state index in [1.807, 2.05) is 6.07 Å². The lowest BCUT2D eigenvalue weighted by Crippen LogP contribution is -1.92. The highest BCUT2D eigenvalue weighted by atomic mass is 35.5. The molecule has 0 unspecified atom stereocenters. The summed E-state index contributed by atoms with van der Waals surface area (Å²) in [6.45, 7) is 0. The van der Waals surface area contributed by atoms with Crippen molar-refractivity contribution >= 4 is 67.2 Å². The Morgan fingerprint density at radius 3 is 2.45 bits per heavy atom. The minimum atomic E-state index is -0.485. The Kier molecular flexibility index (Phi) is 3.73. The first-order chi connectivity index (χ1) is 9.52. The molecular formula is C13H6Cl3FN2S. The standard InChI is InChI=1S/C13H6Cl3FN2S/c14-6-1-2-11-10(3-6)18-13(20-11)19-12-8(15)4-7(17)5-9(12)16/h1-5H,(H,18,19). The maximum absolute atomic E-state index is 13.1. The second-order valence-corrected chi connectivity index (χ2v) is 6.28. The van der Waals surface area contributed by atoms with Gasteiger partial charge in [0.25, 0.3) is 0 Å². The van der Waals surface area contributed by atoms with Crippen molar-refractivity contribution in [3.63, 3.8) is 0 Å². The minimum absolute atomic E-state index is 0.201. The van der Waals surface area contributed by atoms with Gasteiger partial charge in [0.1, 0.15) is 5.82 Å². The van der Waals surface area contributed by atoms with E-state index >= 15 is 0 Å². The smallest absolute Gasteiger partial charge is 0.188 e. The lowest BCUT2D eigenvalue weighted by atomic mass is 10.3. The van der Waals surface area contributed by atoms with Crippen LogP contribution in [-0.4, -0.2) is 4.98 Å². The quantitative estimate of drug-likeness (QED) is 0.602. The molecule has 2 aromatic carbocycles. The van der Waals surface area contributed by atoms with Crippen LogP contribution in [0.15, 0.2) is 30.3 Å². The van der Waals surface area contributed by atoms with E-state index < -0.39 is 5.82 Å². The molecule has 7 heteroatoms. The van der Waals surface area contributed by atoms with Gasteiger partial charge in [0.15, 0.2) is 5.13 Å². The summed E-state index contributed by atoms with van der Waals surface area (Å²) in [5, 5.41) is 4.64. The number of hydrogen-bond acceptors (Lipinski definition) is 3. The molecule has 1 N–H and O–H groups in total. The van der Waals surface area contributed by atoms with E-state index in [1.165, 1.54) is 23.5 Å². The summed E-state index contributed by atoms with van der Waals surface area (Å²) in [6, 6.07) is 7.84. The Morgan fingerprint density at radius 2 is 1.75 bits per heavy atom. The maximum atomic E-state index is 13.1. The van der Waals surface area contributed by atoms with Gasteiger partial charge in [-0.2, -0.15) is 0 Å². The number of aromatic nitrogens is 1. The second kappa shape index (κ2) is 5.37. The number of anilines is 2. The molecular weight excluding hydrogens is 342 g/mol. The normalized spacial score (nSPS) is 11.0. The van der Waals surface area contributed by atoms with Gasteiger partial charge >= 0.3 is 0 Å². The van der Waals surface area contributed by atoms with E-state index in [4.69, 9.17) is 34.8 Å². The van der Waals surface area contributed by atoms with Gasteiger partial charge in [-0.05, 0) is 30.3 Å². The molecule has 0 radical (unpaired) electrons. The Labute approximate surface area is 133 Å². The third kappa shape index (κ3) is 2.69. The molecule has 3 aromatic rings. The van der Waals surface area contributed by atoms with E-state index in [0.29, 0.717) is 15.8 Å². The third-order valence-electron chi connectivity index (χ3n) is 2.59. The molecule has 2 nitrogen and oxygen atoms in total. The summed E-state index contributed by atoms with van der Waals surface area (Å²) in [6.07, 6.45) is 0. The molecule has 0 fully saturated rings. The molecule has 0 aliphatic heterocycles. The van der Waals surface area contributed by atoms with Crippen LogP contribution in [0.2, 0.25) is 15.1 Å². The number of hydrogen-bond donors (Lipinski definition) is 1. The predicted octanol–water partition coefficient (Wildman–Crippen LogP) is 6.14. The van der Waals surface area contributed by atoms with Gasteiger partial charge in [-0.25, -0.2) is 9.37 Å². The van der Waals surface area contributed by atoms with Crippen molar-refractivity contribution in [1.29, 1.82) is 0 Å². The Hall–Kier alpha value is -1.07. The van der Waals surface area contributed by atoms with Crippen LogP contribution < -0.4 is 5.32 Å². The maximum Gasteiger partial charge on any atom is 0.188 e. The van der Waals surface area contributed by atoms with E-state index in [9.17, 15) is 4.39 Å². The summed E-state index contributed by atoms with van der Waals surface area (Å²) in [4.78, 5) is 4.39. The van der Waals surface area contributed by atoms with Crippen LogP contribution in [0.25, 0.3) is 10.2 Å². The Bertz CT molecular complexity index is 780. The number of halogens is 4. The highest BCUT2D eigenvalue weighted by Gasteiger charge is 2.11. The predicted molar refractivity (Wildman–Crippen MR) is 84.3 cm³/mol. The van der Waals surface area contributed by atoms with E-state index in [0.717, 1.165) is 10.2 Å². The fourth-order valence-electron chi connectivity index (χ4n) is 1.72. The summed E-state index contributed by atoms with van der Waals surface area (Å²) in [5.74, 6) is -0.485. The fraction of sp³-hybridized carbons (Fsp3) is 0. The highest BCUT2D eigenvalue weighted by Crippen LogP contribution is 2.36. The molecule has 1 heterocycles. The highest BCUT2D eigenvalue weighted by molar-refractivity contribution is 7.22. The van der Waals surface area contributed by atoms with E-state index in [-0.39, 0.29) is 10.0 Å². The SMILES string of the molecule is Fc1cc(Cl)c(Nc2nc3cc(Cl)ccc3s2)c(Cl)c1. The van der Waals surface area contributed by atoms with Crippen LogP contribution in [0.5, 0.6) is 0 Å². The molecule has 1 aromatic heterocycles. The van der Waals surface area contributed by atoms with Crippen molar-refractivity contribution in [2.45, 2.75) is 0 Å². The molecule has 20 heavy (non-hydrogen) atoms. The molecule has 0 saturated heterocycles. The first-order valence-corrected chi connectivity index (χ1v) is 7.45. The molecule has 3 rings (SSSR count). The van der Waals surface area contributed by atoms with Crippen molar-refractivity contribution in [3.8, 4) is 0 Å². The third-order valence-corrected chi connectivity index (χ3v) is 4.37. The van der Waals surface area contributed by atoms with Gasteiger partial charge in [-0.3, -0.25) is 0 Å². The van der Waals surface area contributed by atoms with Crippen LogP contribution in [0.3, 0.4) is 0 Å². The Balaban J connectivity index is 2.01. The summed E-state index contributed by atoms with van der Waals surface area (Å²) in [5.41, 5.74) is 1.21. The molecule has 0 amide bonds. The van der Waals surface area contributed by atoms with Crippen LogP contribution in [0, 0.1) is 5.82 Å². The van der Waals surface area contributed by atoms with Crippen molar-refractivity contribution < 1.29 is 4.39 Å². The largest absolute Gasteiger partial charge is 0.329 e. The van der Waals surface area contributed by atoms with Crippen LogP contribution >= 0.6 is 46.1 Å². The molecule has 0 aliphatic rings. The van der Waals surface area contributed by atoms with Gasteiger partial charge in [-0.15, -0.1) is 0 Å². The van der Waals surface area contributed by atoms with Gasteiger partial charge in [-0.1, -0.05) is 46.1 Å². The van der Waals surface area contributed by atoms with Crippen molar-refractivity contribution in [1.82, 2.24) is 4.98 Å². The summed E-state index contributed by atoms with van der Waals surface area (Å²) < 4.78 is 14.1. The average molecular weight is 348 g/mol. The van der Waals surface area contributed by atoms with Gasteiger partial charge in [0, 0.05) is 5.02 Å². The lowest BCUT2D eigenvalue weighted by molar-refractivity contribution is 0.628.